The number of halogens is 2. The molecule has 1 amide bonds. The van der Waals surface area contributed by atoms with Gasteiger partial charge in [0.1, 0.15) is 11.5 Å². The number of pyridine rings is 2. The van der Waals surface area contributed by atoms with Gasteiger partial charge in [-0.2, -0.15) is 0 Å². The number of hydrogen-bond donors (Lipinski definition) is 2. The molecule has 3 N–H and O–H groups in total. The Kier molecular flexibility index (Phi) is 8.40. The summed E-state index contributed by atoms with van der Waals surface area (Å²) in [6.07, 6.45) is 3.25. The van der Waals surface area contributed by atoms with E-state index in [1.54, 1.807) is 18.3 Å². The number of nitrogens with two attached hydrogens (primary N) is 1. The van der Waals surface area contributed by atoms with Crippen LogP contribution in [0.5, 0.6) is 0 Å². The van der Waals surface area contributed by atoms with Crippen LogP contribution in [0.4, 0.5) is 11.5 Å². The van der Waals surface area contributed by atoms with Gasteiger partial charge in [0.2, 0.25) is 0 Å². The van der Waals surface area contributed by atoms with Crippen LogP contribution in [-0.2, 0) is 11.3 Å². The third-order valence-corrected chi connectivity index (χ3v) is 3.62. The lowest BCUT2D eigenvalue weighted by Gasteiger charge is -2.27. The van der Waals surface area contributed by atoms with Crippen molar-refractivity contribution >= 4 is 42.2 Å². The van der Waals surface area contributed by atoms with Crippen LogP contribution >= 0.6 is 24.8 Å². The first kappa shape index (κ1) is 21.0. The van der Waals surface area contributed by atoms with E-state index in [2.05, 4.69) is 20.2 Å². The Morgan fingerprint density at radius 3 is 2.48 bits per heavy atom. The molecule has 0 radical (unpaired) electrons. The van der Waals surface area contributed by atoms with Gasteiger partial charge in [-0.05, 0) is 23.8 Å². The molecule has 1 aliphatic rings. The molecule has 0 atom stereocenters. The highest BCUT2D eigenvalue weighted by Crippen LogP contribution is 2.13. The first-order valence-corrected chi connectivity index (χ1v) is 7.50. The number of hydrogen-bond acceptors (Lipinski definition) is 6. The normalized spacial score (nSPS) is 13.4. The molecular weight excluding hydrogens is 365 g/mol. The Morgan fingerprint density at radius 2 is 1.88 bits per heavy atom. The largest absolute Gasteiger partial charge is 0.397 e. The zero-order valence-electron chi connectivity index (χ0n) is 13.6. The van der Waals surface area contributed by atoms with Crippen LogP contribution in [-0.4, -0.2) is 42.2 Å². The van der Waals surface area contributed by atoms with Crippen molar-refractivity contribution in [2.45, 2.75) is 6.54 Å². The Morgan fingerprint density at radius 1 is 1.12 bits per heavy atom. The van der Waals surface area contributed by atoms with E-state index in [1.807, 2.05) is 12.1 Å². The van der Waals surface area contributed by atoms with Gasteiger partial charge in [-0.25, -0.2) is 9.97 Å². The standard InChI is InChI=1S/C16H19N5O2.2ClH/c17-13-2-3-14(18-11-13)16(22)20-10-12-1-4-15(19-9-12)21-5-7-23-8-6-21;;/h1-4,9,11H,5-8,10,17H2,(H,20,22);2*1H. The lowest BCUT2D eigenvalue weighted by Crippen LogP contribution is -2.36. The predicted octanol–water partition coefficient (Wildman–Crippen LogP) is 1.67. The minimum Gasteiger partial charge on any atom is -0.397 e. The third kappa shape index (κ3) is 5.74. The van der Waals surface area contributed by atoms with Crippen LogP contribution in [0.15, 0.2) is 36.7 Å². The fraction of sp³-hybridized carbons (Fsp3) is 0.312. The maximum atomic E-state index is 12.0. The van der Waals surface area contributed by atoms with E-state index in [1.165, 1.54) is 6.20 Å². The molecule has 3 rings (SSSR count). The quantitative estimate of drug-likeness (QED) is 0.831. The van der Waals surface area contributed by atoms with Crippen molar-refractivity contribution in [3.05, 3.63) is 47.9 Å². The Bertz CT molecular complexity index is 661. The van der Waals surface area contributed by atoms with E-state index in [0.29, 0.717) is 17.9 Å². The topological polar surface area (TPSA) is 93.4 Å². The van der Waals surface area contributed by atoms with Gasteiger partial charge >= 0.3 is 0 Å². The van der Waals surface area contributed by atoms with Crippen molar-refractivity contribution < 1.29 is 9.53 Å². The summed E-state index contributed by atoms with van der Waals surface area (Å²) >= 11 is 0. The summed E-state index contributed by atoms with van der Waals surface area (Å²) in [5, 5.41) is 2.82. The first-order valence-electron chi connectivity index (χ1n) is 7.50. The second-order valence-corrected chi connectivity index (χ2v) is 5.28. The molecule has 0 aromatic carbocycles. The number of anilines is 2. The van der Waals surface area contributed by atoms with Crippen molar-refractivity contribution in [2.24, 2.45) is 0 Å². The number of amides is 1. The second-order valence-electron chi connectivity index (χ2n) is 5.28. The molecule has 7 nitrogen and oxygen atoms in total. The summed E-state index contributed by atoms with van der Waals surface area (Å²) in [6.45, 7) is 3.57. The van der Waals surface area contributed by atoms with E-state index in [4.69, 9.17) is 10.5 Å². The molecule has 1 saturated heterocycles. The van der Waals surface area contributed by atoms with E-state index >= 15 is 0 Å². The predicted molar refractivity (Wildman–Crippen MR) is 102 cm³/mol. The van der Waals surface area contributed by atoms with Gasteiger partial charge in [0.25, 0.3) is 5.91 Å². The lowest BCUT2D eigenvalue weighted by molar-refractivity contribution is 0.0946. The molecule has 0 saturated carbocycles. The molecule has 9 heteroatoms. The number of morpholine rings is 1. The number of nitrogen functional groups attached to an aromatic ring is 1. The average Bonchev–Trinajstić information content (AvgIpc) is 2.61. The van der Waals surface area contributed by atoms with Gasteiger partial charge in [0.05, 0.1) is 25.1 Å². The molecule has 0 aliphatic carbocycles. The van der Waals surface area contributed by atoms with Gasteiger partial charge in [-0.1, -0.05) is 6.07 Å². The van der Waals surface area contributed by atoms with Gasteiger partial charge in [0.15, 0.2) is 0 Å². The van der Waals surface area contributed by atoms with Gasteiger partial charge in [-0.15, -0.1) is 24.8 Å². The number of aromatic nitrogens is 2. The summed E-state index contributed by atoms with van der Waals surface area (Å²) in [6, 6.07) is 7.19. The van der Waals surface area contributed by atoms with Crippen LogP contribution in [0.2, 0.25) is 0 Å². The average molecular weight is 386 g/mol. The minimum absolute atomic E-state index is 0. The van der Waals surface area contributed by atoms with Crippen molar-refractivity contribution in [1.29, 1.82) is 0 Å². The molecule has 0 spiro atoms. The molecule has 2 aromatic rings. The smallest absolute Gasteiger partial charge is 0.270 e. The number of carbonyl (C=O) groups is 1. The zero-order valence-corrected chi connectivity index (χ0v) is 15.2. The van der Waals surface area contributed by atoms with E-state index in [9.17, 15) is 4.79 Å². The minimum atomic E-state index is -0.234. The number of carbonyl (C=O) groups excluding carboxylic acids is 1. The first-order chi connectivity index (χ1) is 11.2. The molecular formula is C16H21Cl2N5O2. The number of ether oxygens (including phenoxy) is 1. The molecule has 1 fully saturated rings. The summed E-state index contributed by atoms with van der Waals surface area (Å²) in [5.41, 5.74) is 7.37. The third-order valence-electron chi connectivity index (χ3n) is 3.62. The van der Waals surface area contributed by atoms with Crippen molar-refractivity contribution in [2.75, 3.05) is 36.9 Å². The molecule has 1 aliphatic heterocycles. The van der Waals surface area contributed by atoms with E-state index < -0.39 is 0 Å². The number of nitrogens with zero attached hydrogens (tertiary/aromatic N) is 3. The number of nitrogens with one attached hydrogen (secondary N) is 1. The maximum absolute atomic E-state index is 12.0. The van der Waals surface area contributed by atoms with E-state index in [-0.39, 0.29) is 30.7 Å². The summed E-state index contributed by atoms with van der Waals surface area (Å²) in [7, 11) is 0. The molecule has 2 aromatic heterocycles. The SMILES string of the molecule is Cl.Cl.Nc1ccc(C(=O)NCc2ccc(N3CCOCC3)nc2)nc1. The van der Waals surface area contributed by atoms with Crippen molar-refractivity contribution in [3.8, 4) is 0 Å². The highest BCUT2D eigenvalue weighted by molar-refractivity contribution is 5.92. The molecule has 0 unspecified atom stereocenters. The van der Waals surface area contributed by atoms with Gasteiger partial charge in [-0.3, -0.25) is 4.79 Å². The maximum Gasteiger partial charge on any atom is 0.270 e. The Hall–Kier alpha value is -2.09. The Balaban J connectivity index is 0.00000156. The van der Waals surface area contributed by atoms with Crippen molar-refractivity contribution in [1.82, 2.24) is 15.3 Å². The fourth-order valence-corrected chi connectivity index (χ4v) is 2.31. The fourth-order valence-electron chi connectivity index (χ4n) is 2.31. The zero-order chi connectivity index (χ0) is 16.1. The van der Waals surface area contributed by atoms with Gasteiger partial charge in [0, 0.05) is 25.8 Å². The van der Waals surface area contributed by atoms with Crippen LogP contribution in [0.25, 0.3) is 0 Å². The summed E-state index contributed by atoms with van der Waals surface area (Å²) in [4.78, 5) is 22.6. The van der Waals surface area contributed by atoms with Crippen LogP contribution in [0.1, 0.15) is 16.1 Å². The summed E-state index contributed by atoms with van der Waals surface area (Å²) in [5.74, 6) is 0.700. The summed E-state index contributed by atoms with van der Waals surface area (Å²) < 4.78 is 5.33. The second kappa shape index (κ2) is 10.0. The Labute approximate surface area is 158 Å². The van der Waals surface area contributed by atoms with E-state index in [0.717, 1.165) is 37.7 Å². The molecule has 25 heavy (non-hydrogen) atoms. The van der Waals surface area contributed by atoms with Crippen LogP contribution < -0.4 is 16.0 Å². The molecule has 3 heterocycles. The lowest BCUT2D eigenvalue weighted by atomic mass is 10.2. The van der Waals surface area contributed by atoms with Crippen LogP contribution in [0, 0.1) is 0 Å². The highest BCUT2D eigenvalue weighted by atomic mass is 35.5. The molecule has 136 valence electrons. The monoisotopic (exact) mass is 385 g/mol. The molecule has 0 bridgehead atoms. The van der Waals surface area contributed by atoms with Crippen LogP contribution in [0.3, 0.4) is 0 Å². The number of rotatable bonds is 4. The van der Waals surface area contributed by atoms with Crippen molar-refractivity contribution in [3.63, 3.8) is 0 Å². The highest BCUT2D eigenvalue weighted by Gasteiger charge is 2.12. The van der Waals surface area contributed by atoms with Gasteiger partial charge < -0.3 is 20.7 Å².